The summed E-state index contributed by atoms with van der Waals surface area (Å²) in [7, 11) is 3.34. The number of ether oxygens (including phenoxy) is 2. The number of aromatic nitrogens is 1. The van der Waals surface area contributed by atoms with E-state index in [0.717, 1.165) is 42.4 Å². The highest BCUT2D eigenvalue weighted by molar-refractivity contribution is 5.79. The van der Waals surface area contributed by atoms with Gasteiger partial charge in [-0.05, 0) is 61.2 Å². The number of hydrogen-bond acceptors (Lipinski definition) is 6. The number of carbonyl (C=O) groups is 2. The van der Waals surface area contributed by atoms with Crippen LogP contribution >= 0.6 is 0 Å². The molecule has 2 rings (SSSR count). The molecule has 33 heavy (non-hydrogen) atoms. The summed E-state index contributed by atoms with van der Waals surface area (Å²) < 4.78 is 10.9. The van der Waals surface area contributed by atoms with Gasteiger partial charge in [0.2, 0.25) is 0 Å². The van der Waals surface area contributed by atoms with Crippen LogP contribution in [0.3, 0.4) is 0 Å². The molecule has 0 amide bonds. The lowest BCUT2D eigenvalue weighted by atomic mass is 9.86. The first-order valence-electron chi connectivity index (χ1n) is 11.7. The van der Waals surface area contributed by atoms with E-state index in [1.807, 2.05) is 25.5 Å². The lowest BCUT2D eigenvalue weighted by Gasteiger charge is -2.26. The van der Waals surface area contributed by atoms with Crippen LogP contribution in [-0.4, -0.2) is 42.1 Å². The molecule has 0 saturated heterocycles. The number of phenolic OH excluding ortho intramolecular Hbond substituents is 1. The molecule has 0 spiro atoms. The van der Waals surface area contributed by atoms with Crippen molar-refractivity contribution in [2.45, 2.75) is 71.4 Å². The highest BCUT2D eigenvalue weighted by atomic mass is 16.5. The summed E-state index contributed by atoms with van der Waals surface area (Å²) >= 11 is 0. The van der Waals surface area contributed by atoms with Gasteiger partial charge in [-0.15, -0.1) is 0 Å². The van der Waals surface area contributed by atoms with Crippen molar-refractivity contribution in [1.82, 2.24) is 10.3 Å². The second-order valence-corrected chi connectivity index (χ2v) is 8.54. The lowest BCUT2D eigenvalue weighted by molar-refractivity contribution is -0.150. The number of hydrogen-bond donors (Lipinski definition) is 3. The average Bonchev–Trinajstić information content (AvgIpc) is 3.28. The predicted molar refractivity (Wildman–Crippen MR) is 128 cm³/mol. The van der Waals surface area contributed by atoms with E-state index in [1.54, 1.807) is 12.1 Å². The van der Waals surface area contributed by atoms with Gasteiger partial charge in [-0.2, -0.15) is 0 Å². The Labute approximate surface area is 196 Å². The minimum Gasteiger partial charge on any atom is -0.504 e. The molecule has 0 aliphatic carbocycles. The van der Waals surface area contributed by atoms with E-state index in [0.29, 0.717) is 25.1 Å². The SMILES string of the molecule is CCCC[C@H](Cc1cc[nH]c1)[C@H](CC(=O)CCc1cc(OC)c(O)cc1CNC)OC(C)=O. The fourth-order valence-electron chi connectivity index (χ4n) is 4.20. The van der Waals surface area contributed by atoms with Gasteiger partial charge >= 0.3 is 5.97 Å². The average molecular weight is 459 g/mol. The van der Waals surface area contributed by atoms with E-state index < -0.39 is 6.10 Å². The Balaban J connectivity index is 2.11. The van der Waals surface area contributed by atoms with E-state index >= 15 is 0 Å². The maximum Gasteiger partial charge on any atom is 0.302 e. The fraction of sp³-hybridized carbons (Fsp3) is 0.538. The third kappa shape index (κ3) is 8.57. The van der Waals surface area contributed by atoms with E-state index in [1.165, 1.54) is 14.0 Å². The molecule has 0 aliphatic rings. The number of unbranched alkanes of at least 4 members (excludes halogenated alkanes) is 1. The Morgan fingerprint density at radius 3 is 2.64 bits per heavy atom. The molecule has 0 aliphatic heterocycles. The number of ketones is 1. The number of benzene rings is 1. The normalized spacial score (nSPS) is 12.8. The molecule has 0 saturated carbocycles. The number of Topliss-reactive ketones (excluding diaryl/α,β-unsaturated/α-hetero) is 1. The van der Waals surface area contributed by atoms with Gasteiger partial charge in [-0.25, -0.2) is 0 Å². The van der Waals surface area contributed by atoms with Gasteiger partial charge in [0.25, 0.3) is 0 Å². The van der Waals surface area contributed by atoms with E-state index in [4.69, 9.17) is 9.47 Å². The minimum atomic E-state index is -0.442. The molecule has 1 aromatic carbocycles. The van der Waals surface area contributed by atoms with Crippen molar-refractivity contribution in [1.29, 1.82) is 0 Å². The third-order valence-electron chi connectivity index (χ3n) is 5.90. The zero-order valence-corrected chi connectivity index (χ0v) is 20.3. The molecule has 182 valence electrons. The van der Waals surface area contributed by atoms with Crippen LogP contribution < -0.4 is 10.1 Å². The molecule has 7 heteroatoms. The summed E-state index contributed by atoms with van der Waals surface area (Å²) in [6.45, 7) is 4.11. The Morgan fingerprint density at radius 1 is 1.24 bits per heavy atom. The number of aryl methyl sites for hydroxylation is 1. The summed E-state index contributed by atoms with van der Waals surface area (Å²) in [6.07, 6.45) is 8.16. The number of aromatic hydroxyl groups is 1. The molecule has 1 heterocycles. The van der Waals surface area contributed by atoms with Gasteiger partial charge in [0.15, 0.2) is 11.5 Å². The smallest absolute Gasteiger partial charge is 0.302 e. The van der Waals surface area contributed by atoms with Crippen molar-refractivity contribution < 1.29 is 24.2 Å². The van der Waals surface area contributed by atoms with Crippen LogP contribution in [0.15, 0.2) is 30.6 Å². The lowest BCUT2D eigenvalue weighted by Crippen LogP contribution is -2.30. The fourth-order valence-corrected chi connectivity index (χ4v) is 4.20. The molecular weight excluding hydrogens is 420 g/mol. The van der Waals surface area contributed by atoms with Crippen LogP contribution in [0.4, 0.5) is 0 Å². The van der Waals surface area contributed by atoms with Crippen molar-refractivity contribution >= 4 is 11.8 Å². The first-order valence-corrected chi connectivity index (χ1v) is 11.7. The summed E-state index contributed by atoms with van der Waals surface area (Å²) in [5.41, 5.74) is 3.02. The van der Waals surface area contributed by atoms with Crippen molar-refractivity contribution in [2.75, 3.05) is 14.2 Å². The van der Waals surface area contributed by atoms with Gasteiger partial charge in [0, 0.05) is 44.6 Å². The molecule has 7 nitrogen and oxygen atoms in total. The monoisotopic (exact) mass is 458 g/mol. The zero-order chi connectivity index (χ0) is 24.2. The van der Waals surface area contributed by atoms with Crippen LogP contribution in [0.5, 0.6) is 11.5 Å². The molecule has 0 radical (unpaired) electrons. The van der Waals surface area contributed by atoms with Gasteiger partial charge in [0.05, 0.1) is 7.11 Å². The second-order valence-electron chi connectivity index (χ2n) is 8.54. The Hall–Kier alpha value is -2.80. The van der Waals surface area contributed by atoms with Crippen molar-refractivity contribution in [2.24, 2.45) is 5.92 Å². The van der Waals surface area contributed by atoms with Crippen LogP contribution in [0.1, 0.15) is 62.6 Å². The summed E-state index contributed by atoms with van der Waals surface area (Å²) in [6, 6.07) is 5.48. The summed E-state index contributed by atoms with van der Waals surface area (Å²) in [5.74, 6) is 0.252. The third-order valence-corrected chi connectivity index (χ3v) is 5.90. The van der Waals surface area contributed by atoms with Crippen molar-refractivity contribution in [3.05, 3.63) is 47.3 Å². The quantitative estimate of drug-likeness (QED) is 0.344. The molecule has 1 aromatic heterocycles. The zero-order valence-electron chi connectivity index (χ0n) is 20.3. The van der Waals surface area contributed by atoms with Crippen molar-refractivity contribution in [3.8, 4) is 11.5 Å². The number of phenols is 1. The van der Waals surface area contributed by atoms with Gasteiger partial charge in [0.1, 0.15) is 11.9 Å². The van der Waals surface area contributed by atoms with Gasteiger partial charge in [-0.1, -0.05) is 19.8 Å². The number of H-pyrrole nitrogens is 1. The predicted octanol–water partition coefficient (Wildman–Crippen LogP) is 4.32. The van der Waals surface area contributed by atoms with E-state index in [-0.39, 0.29) is 29.8 Å². The summed E-state index contributed by atoms with van der Waals surface area (Å²) in [5, 5.41) is 13.2. The maximum absolute atomic E-state index is 13.0. The van der Waals surface area contributed by atoms with E-state index in [2.05, 4.69) is 17.2 Å². The number of nitrogens with one attached hydrogen (secondary N) is 2. The first-order chi connectivity index (χ1) is 15.9. The molecule has 2 aromatic rings. The number of methoxy groups -OCH3 is 1. The number of carbonyl (C=O) groups excluding carboxylic acids is 2. The summed E-state index contributed by atoms with van der Waals surface area (Å²) in [4.78, 5) is 27.9. The highest BCUT2D eigenvalue weighted by Crippen LogP contribution is 2.31. The molecule has 0 unspecified atom stereocenters. The molecule has 0 bridgehead atoms. The van der Waals surface area contributed by atoms with Crippen LogP contribution in [-0.2, 0) is 33.7 Å². The van der Waals surface area contributed by atoms with Crippen LogP contribution in [0.25, 0.3) is 0 Å². The number of rotatable bonds is 15. The molecule has 0 fully saturated rings. The Kier molecular flexibility index (Phi) is 11.0. The maximum atomic E-state index is 13.0. The first kappa shape index (κ1) is 26.5. The van der Waals surface area contributed by atoms with Crippen LogP contribution in [0.2, 0.25) is 0 Å². The largest absolute Gasteiger partial charge is 0.504 e. The Morgan fingerprint density at radius 2 is 2.03 bits per heavy atom. The van der Waals surface area contributed by atoms with E-state index in [9.17, 15) is 14.7 Å². The molecule has 3 N–H and O–H groups in total. The number of esters is 1. The standard InChI is InChI=1S/C26H38N2O5/c1-5-6-7-21(12-19-10-11-28-16-19)25(33-18(2)29)15-23(30)9-8-20-14-26(32-4)24(31)13-22(20)17-27-3/h10-11,13-14,16,21,25,27-28,31H,5-9,12,15,17H2,1-4H3/t21-,25+/m1/s1. The van der Waals surface area contributed by atoms with Gasteiger partial charge in [-0.3, -0.25) is 9.59 Å². The topological polar surface area (TPSA) is 101 Å². The molecule has 2 atom stereocenters. The Bertz CT molecular complexity index is 879. The molecular formula is C26H38N2O5. The second kappa shape index (κ2) is 13.7. The van der Waals surface area contributed by atoms with Crippen molar-refractivity contribution in [3.63, 3.8) is 0 Å². The number of aromatic amines is 1. The van der Waals surface area contributed by atoms with Crippen LogP contribution in [0, 0.1) is 5.92 Å². The highest BCUT2D eigenvalue weighted by Gasteiger charge is 2.27. The minimum absolute atomic E-state index is 0.0549. The van der Waals surface area contributed by atoms with Gasteiger partial charge < -0.3 is 24.9 Å².